The minimum Gasteiger partial charge on any atom is -0.495 e. The van der Waals surface area contributed by atoms with Gasteiger partial charge in [-0.15, -0.1) is 0 Å². The summed E-state index contributed by atoms with van der Waals surface area (Å²) in [5.74, 6) is 1.25. The Kier molecular flexibility index (Phi) is 8.83. The molecule has 1 amide bonds. The first-order valence-corrected chi connectivity index (χ1v) is 14.5. The van der Waals surface area contributed by atoms with Gasteiger partial charge < -0.3 is 14.6 Å². The lowest BCUT2D eigenvalue weighted by Crippen LogP contribution is -2.45. The number of anilines is 1. The molecule has 1 N–H and O–H groups in total. The molecule has 38 heavy (non-hydrogen) atoms. The summed E-state index contributed by atoms with van der Waals surface area (Å²) >= 11 is 0. The molecule has 1 aliphatic carbocycles. The Bertz CT molecular complexity index is 1350. The van der Waals surface area contributed by atoms with E-state index in [0.717, 1.165) is 43.2 Å². The van der Waals surface area contributed by atoms with Crippen LogP contribution in [0.2, 0.25) is 0 Å². The van der Waals surface area contributed by atoms with Crippen LogP contribution in [0.1, 0.15) is 74.7 Å². The highest BCUT2D eigenvalue weighted by atomic mass is 32.2. The highest BCUT2D eigenvalue weighted by Gasteiger charge is 2.35. The number of aryl methyl sites for hydroxylation is 1. The molecule has 204 valence electrons. The molecule has 1 aromatic heterocycles. The first-order valence-electron chi connectivity index (χ1n) is 13.0. The standard InChI is InChI=1S/C28H36N4O5S/c1-19(2)28-30-26(31-37-28)17-21-11-13-22(14-12-21)29-27(33)18-32(23-8-6-5-7-9-23)38(34,35)25-16-20(3)10-15-24(25)36-4/h10-16,19,23H,5-9,17-18H2,1-4H3,(H,29,33). The van der Waals surface area contributed by atoms with E-state index in [1.165, 1.54) is 11.4 Å². The number of rotatable bonds is 10. The van der Waals surface area contributed by atoms with E-state index in [1.54, 1.807) is 30.3 Å². The highest BCUT2D eigenvalue weighted by Crippen LogP contribution is 2.32. The van der Waals surface area contributed by atoms with Gasteiger partial charge in [-0.1, -0.05) is 56.5 Å². The summed E-state index contributed by atoms with van der Waals surface area (Å²) in [6.45, 7) is 5.55. The quantitative estimate of drug-likeness (QED) is 0.382. The first kappa shape index (κ1) is 27.8. The van der Waals surface area contributed by atoms with Crippen molar-refractivity contribution in [2.24, 2.45) is 0 Å². The summed E-state index contributed by atoms with van der Waals surface area (Å²) in [5, 5.41) is 6.88. The van der Waals surface area contributed by atoms with E-state index in [0.29, 0.717) is 23.8 Å². The van der Waals surface area contributed by atoms with Crippen LogP contribution in [0.5, 0.6) is 5.75 Å². The van der Waals surface area contributed by atoms with Gasteiger partial charge in [-0.2, -0.15) is 9.29 Å². The van der Waals surface area contributed by atoms with Crippen LogP contribution in [0.15, 0.2) is 51.9 Å². The van der Waals surface area contributed by atoms with Crippen LogP contribution < -0.4 is 10.1 Å². The number of hydrogen-bond acceptors (Lipinski definition) is 7. The second kappa shape index (κ2) is 12.1. The predicted octanol–water partition coefficient (Wildman–Crippen LogP) is 5.06. The second-order valence-corrected chi connectivity index (χ2v) is 12.0. The van der Waals surface area contributed by atoms with Gasteiger partial charge in [-0.05, 0) is 55.2 Å². The maximum atomic E-state index is 13.9. The molecule has 1 fully saturated rings. The summed E-state index contributed by atoms with van der Waals surface area (Å²) in [5.41, 5.74) is 2.36. The van der Waals surface area contributed by atoms with Crippen molar-refractivity contribution in [3.05, 3.63) is 65.3 Å². The number of methoxy groups -OCH3 is 1. The van der Waals surface area contributed by atoms with E-state index in [9.17, 15) is 13.2 Å². The van der Waals surface area contributed by atoms with Gasteiger partial charge in [0.2, 0.25) is 21.8 Å². The van der Waals surface area contributed by atoms with Crippen molar-refractivity contribution in [2.45, 2.75) is 76.2 Å². The fourth-order valence-corrected chi connectivity index (χ4v) is 6.58. The number of hydrogen-bond donors (Lipinski definition) is 1. The van der Waals surface area contributed by atoms with Gasteiger partial charge in [0.1, 0.15) is 10.6 Å². The SMILES string of the molecule is COc1ccc(C)cc1S(=O)(=O)N(CC(=O)Nc1ccc(Cc2noc(C(C)C)n2)cc1)C1CCCCC1. The van der Waals surface area contributed by atoms with Crippen molar-refractivity contribution in [1.82, 2.24) is 14.4 Å². The topological polar surface area (TPSA) is 115 Å². The monoisotopic (exact) mass is 540 g/mol. The lowest BCUT2D eigenvalue weighted by molar-refractivity contribution is -0.116. The zero-order valence-corrected chi connectivity index (χ0v) is 23.3. The number of carbonyl (C=O) groups is 1. The van der Waals surface area contributed by atoms with Crippen molar-refractivity contribution in [3.8, 4) is 5.75 Å². The number of ether oxygens (including phenoxy) is 1. The largest absolute Gasteiger partial charge is 0.495 e. The number of sulfonamides is 1. The molecule has 1 aliphatic rings. The van der Waals surface area contributed by atoms with E-state index in [4.69, 9.17) is 9.26 Å². The Labute approximate surface area is 224 Å². The minimum absolute atomic E-state index is 0.0878. The molecule has 0 spiro atoms. The number of benzene rings is 2. The summed E-state index contributed by atoms with van der Waals surface area (Å²) in [6, 6.07) is 12.2. The van der Waals surface area contributed by atoms with Gasteiger partial charge in [-0.25, -0.2) is 8.42 Å². The zero-order chi connectivity index (χ0) is 27.3. The predicted molar refractivity (Wildman–Crippen MR) is 145 cm³/mol. The molecule has 0 unspecified atom stereocenters. The molecule has 10 heteroatoms. The van der Waals surface area contributed by atoms with Crippen LogP contribution in [0.25, 0.3) is 0 Å². The van der Waals surface area contributed by atoms with Gasteiger partial charge in [0.25, 0.3) is 0 Å². The number of nitrogens with one attached hydrogen (secondary N) is 1. The number of nitrogens with zero attached hydrogens (tertiary/aromatic N) is 3. The van der Waals surface area contributed by atoms with Crippen LogP contribution >= 0.6 is 0 Å². The Morgan fingerprint density at radius 2 is 1.84 bits per heavy atom. The molecule has 0 bridgehead atoms. The smallest absolute Gasteiger partial charge is 0.247 e. The van der Waals surface area contributed by atoms with Crippen molar-refractivity contribution >= 4 is 21.6 Å². The number of carbonyl (C=O) groups excluding carboxylic acids is 1. The Morgan fingerprint density at radius 1 is 1.13 bits per heavy atom. The fraction of sp³-hybridized carbons (Fsp3) is 0.464. The van der Waals surface area contributed by atoms with Gasteiger partial charge in [0, 0.05) is 24.1 Å². The average molecular weight is 541 g/mol. The summed E-state index contributed by atoms with van der Waals surface area (Å²) in [7, 11) is -2.52. The van der Waals surface area contributed by atoms with Crippen LogP contribution in [-0.2, 0) is 21.2 Å². The second-order valence-electron chi connectivity index (χ2n) is 10.1. The van der Waals surface area contributed by atoms with Crippen LogP contribution in [0, 0.1) is 6.92 Å². The van der Waals surface area contributed by atoms with E-state index >= 15 is 0 Å². The Hall–Kier alpha value is -3.24. The Balaban J connectivity index is 1.49. The van der Waals surface area contributed by atoms with Crippen LogP contribution in [0.3, 0.4) is 0 Å². The third-order valence-corrected chi connectivity index (χ3v) is 8.68. The third-order valence-electron chi connectivity index (χ3n) is 6.76. The summed E-state index contributed by atoms with van der Waals surface area (Å²) < 4.78 is 39.7. The minimum atomic E-state index is -3.97. The third kappa shape index (κ3) is 6.60. The van der Waals surface area contributed by atoms with Gasteiger partial charge in [-0.3, -0.25) is 4.79 Å². The van der Waals surface area contributed by atoms with Gasteiger partial charge >= 0.3 is 0 Å². The highest BCUT2D eigenvalue weighted by molar-refractivity contribution is 7.89. The molecule has 3 aromatic rings. The van der Waals surface area contributed by atoms with E-state index in [2.05, 4.69) is 15.5 Å². The van der Waals surface area contributed by atoms with Crippen molar-refractivity contribution in [2.75, 3.05) is 19.0 Å². The van der Waals surface area contributed by atoms with E-state index in [1.807, 2.05) is 32.9 Å². The van der Waals surface area contributed by atoms with Crippen molar-refractivity contribution < 1.29 is 22.5 Å². The zero-order valence-electron chi connectivity index (χ0n) is 22.4. The molecule has 1 saturated carbocycles. The average Bonchev–Trinajstić information content (AvgIpc) is 3.38. The first-order chi connectivity index (χ1) is 18.2. The fourth-order valence-electron chi connectivity index (χ4n) is 4.70. The molecule has 0 saturated heterocycles. The van der Waals surface area contributed by atoms with Crippen molar-refractivity contribution in [3.63, 3.8) is 0 Å². The molecule has 9 nitrogen and oxygen atoms in total. The van der Waals surface area contributed by atoms with Crippen LogP contribution in [-0.4, -0.2) is 48.5 Å². The lowest BCUT2D eigenvalue weighted by atomic mass is 9.95. The molecule has 4 rings (SSSR count). The normalized spacial score (nSPS) is 14.7. The molecule has 0 radical (unpaired) electrons. The molecule has 0 aliphatic heterocycles. The van der Waals surface area contributed by atoms with E-state index in [-0.39, 0.29) is 29.1 Å². The summed E-state index contributed by atoms with van der Waals surface area (Å²) in [6.07, 6.45) is 4.90. The molecular weight excluding hydrogens is 504 g/mol. The number of aromatic nitrogens is 2. The molecular formula is C28H36N4O5S. The molecule has 0 atom stereocenters. The molecule has 1 heterocycles. The van der Waals surface area contributed by atoms with Crippen molar-refractivity contribution in [1.29, 1.82) is 0 Å². The van der Waals surface area contributed by atoms with Gasteiger partial charge in [0.05, 0.1) is 13.7 Å². The Morgan fingerprint density at radius 3 is 2.47 bits per heavy atom. The maximum absolute atomic E-state index is 13.9. The van der Waals surface area contributed by atoms with E-state index < -0.39 is 15.9 Å². The molecule has 2 aromatic carbocycles. The lowest BCUT2D eigenvalue weighted by Gasteiger charge is -2.33. The van der Waals surface area contributed by atoms with Crippen LogP contribution in [0.4, 0.5) is 5.69 Å². The maximum Gasteiger partial charge on any atom is 0.247 e. The van der Waals surface area contributed by atoms with Gasteiger partial charge in [0.15, 0.2) is 5.82 Å². The summed E-state index contributed by atoms with van der Waals surface area (Å²) in [4.78, 5) is 17.6. The number of amides is 1.